The lowest BCUT2D eigenvalue weighted by molar-refractivity contribution is 0.628. The molecule has 3 heterocycles. The fraction of sp³-hybridized carbons (Fsp3) is 0.0476. The van der Waals surface area contributed by atoms with E-state index in [0.29, 0.717) is 11.8 Å². The van der Waals surface area contributed by atoms with Gasteiger partial charge in [0.05, 0.1) is 22.7 Å². The zero-order valence-electron chi connectivity index (χ0n) is 15.5. The highest BCUT2D eigenvalue weighted by molar-refractivity contribution is 6.04. The third-order valence-electron chi connectivity index (χ3n) is 4.96. The Morgan fingerprint density at radius 2 is 1.86 bits per heavy atom. The number of nitrogens with two attached hydrogens (primary N) is 1. The van der Waals surface area contributed by atoms with E-state index in [1.807, 2.05) is 24.3 Å². The first kappa shape index (κ1) is 17.1. The molecule has 0 spiro atoms. The Hall–Kier alpha value is -4.07. The average molecular weight is 385 g/mol. The maximum Gasteiger partial charge on any atom is 0.239 e. The minimum Gasteiger partial charge on any atom is -0.384 e. The molecule has 5 aromatic rings. The van der Waals surface area contributed by atoms with E-state index < -0.39 is 0 Å². The molecule has 7 nitrogen and oxygen atoms in total. The van der Waals surface area contributed by atoms with E-state index in [1.165, 1.54) is 12.1 Å². The van der Waals surface area contributed by atoms with Gasteiger partial charge in [-0.1, -0.05) is 18.2 Å². The van der Waals surface area contributed by atoms with Gasteiger partial charge >= 0.3 is 0 Å². The lowest BCUT2D eigenvalue weighted by Gasteiger charge is -2.08. The van der Waals surface area contributed by atoms with E-state index in [-0.39, 0.29) is 11.4 Å². The zero-order chi connectivity index (χ0) is 20.1. The van der Waals surface area contributed by atoms with Crippen LogP contribution in [-0.2, 0) is 7.05 Å². The highest BCUT2D eigenvalue weighted by Crippen LogP contribution is 2.29. The maximum absolute atomic E-state index is 13.7. The Kier molecular flexibility index (Phi) is 3.67. The first-order chi connectivity index (χ1) is 14.0. The number of nitrogens with zero attached hydrogens (tertiary/aromatic N) is 5. The molecule has 0 atom stereocenters. The van der Waals surface area contributed by atoms with Crippen molar-refractivity contribution in [2.45, 2.75) is 0 Å². The summed E-state index contributed by atoms with van der Waals surface area (Å²) in [6.07, 6.45) is 3.28. The molecule has 2 aromatic carbocycles. The molecule has 0 radical (unpaired) electrons. The third kappa shape index (κ3) is 2.65. The highest BCUT2D eigenvalue weighted by atomic mass is 19.1. The van der Waals surface area contributed by atoms with Gasteiger partial charge in [0.1, 0.15) is 11.6 Å². The number of hydrogen-bond acceptors (Lipinski definition) is 5. The summed E-state index contributed by atoms with van der Waals surface area (Å²) < 4.78 is 17.1. The zero-order valence-corrected chi connectivity index (χ0v) is 15.5. The number of nitrogens with one attached hydrogen (secondary N) is 1. The van der Waals surface area contributed by atoms with Gasteiger partial charge in [-0.05, 0) is 41.5 Å². The minimum atomic E-state index is -0.296. The lowest BCUT2D eigenvalue weighted by Crippen LogP contribution is -2.23. The number of halogens is 1. The second-order valence-electron chi connectivity index (χ2n) is 6.73. The molecule has 0 aliphatic rings. The second kappa shape index (κ2) is 6.23. The number of imidazole rings is 1. The number of aromatic nitrogens is 5. The smallest absolute Gasteiger partial charge is 0.239 e. The van der Waals surface area contributed by atoms with Gasteiger partial charge < -0.3 is 10.3 Å². The Bertz CT molecular complexity index is 1470. The molecule has 0 unspecified atom stereocenters. The van der Waals surface area contributed by atoms with Crippen molar-refractivity contribution in [3.05, 3.63) is 72.4 Å². The maximum atomic E-state index is 13.7. The topological polar surface area (TPSA) is 98.4 Å². The molecule has 0 aliphatic carbocycles. The van der Waals surface area contributed by atoms with Crippen molar-refractivity contribution < 1.29 is 4.39 Å². The van der Waals surface area contributed by atoms with Gasteiger partial charge in [-0.15, -0.1) is 0 Å². The van der Waals surface area contributed by atoms with Crippen LogP contribution in [0.4, 0.5) is 10.2 Å². The van der Waals surface area contributed by atoms with Crippen LogP contribution in [0, 0.1) is 11.2 Å². The minimum absolute atomic E-state index is 0.191. The molecule has 0 aliphatic heterocycles. The Morgan fingerprint density at radius 1 is 1.03 bits per heavy atom. The lowest BCUT2D eigenvalue weighted by atomic mass is 10.0. The largest absolute Gasteiger partial charge is 0.384 e. The second-order valence-corrected chi connectivity index (χ2v) is 6.73. The monoisotopic (exact) mass is 385 g/mol. The van der Waals surface area contributed by atoms with Crippen molar-refractivity contribution in [3.8, 4) is 17.1 Å². The normalized spacial score (nSPS) is 11.4. The molecule has 3 N–H and O–H groups in total. The molecular formula is C21H16FN7. The Morgan fingerprint density at radius 3 is 2.66 bits per heavy atom. The van der Waals surface area contributed by atoms with E-state index in [9.17, 15) is 4.39 Å². The average Bonchev–Trinajstić information content (AvgIpc) is 2.98. The predicted molar refractivity (Wildman–Crippen MR) is 109 cm³/mol. The molecule has 0 saturated heterocycles. The van der Waals surface area contributed by atoms with Crippen LogP contribution in [-0.4, -0.2) is 24.1 Å². The molecular weight excluding hydrogens is 369 g/mol. The van der Waals surface area contributed by atoms with Crippen LogP contribution in [0.25, 0.3) is 39.0 Å². The van der Waals surface area contributed by atoms with Gasteiger partial charge in [-0.3, -0.25) is 10.4 Å². The number of rotatable bonds is 2. The number of nitrogen functional groups attached to an aromatic ring is 1. The molecule has 5 rings (SSSR count). The number of anilines is 1. The predicted octanol–water partition coefficient (Wildman–Crippen LogP) is 3.17. The number of fused-ring (bicyclic) bond motifs is 3. The highest BCUT2D eigenvalue weighted by Gasteiger charge is 2.16. The fourth-order valence-electron chi connectivity index (χ4n) is 3.53. The van der Waals surface area contributed by atoms with Gasteiger partial charge in [0.25, 0.3) is 0 Å². The molecule has 0 bridgehead atoms. The van der Waals surface area contributed by atoms with Crippen molar-refractivity contribution in [2.24, 2.45) is 7.05 Å². The van der Waals surface area contributed by atoms with Crippen molar-refractivity contribution in [3.63, 3.8) is 0 Å². The third-order valence-corrected chi connectivity index (χ3v) is 4.96. The summed E-state index contributed by atoms with van der Waals surface area (Å²) in [5.41, 5.74) is 9.89. The van der Waals surface area contributed by atoms with Crippen LogP contribution >= 0.6 is 0 Å². The van der Waals surface area contributed by atoms with E-state index in [1.54, 1.807) is 40.7 Å². The molecule has 142 valence electrons. The van der Waals surface area contributed by atoms with Gasteiger partial charge in [0.2, 0.25) is 11.6 Å². The standard InChI is InChI=1S/C21H16FN7/c1-28-17-11-26-16-6-5-13(12-3-2-4-14(22)9-12)10-15(16)19(17)29(20(28)24)21-25-8-7-18(23)27-21/h2-11,24H,1H3,(H2,23,25,27). The van der Waals surface area contributed by atoms with Crippen molar-refractivity contribution in [2.75, 3.05) is 5.73 Å². The molecule has 0 amide bonds. The van der Waals surface area contributed by atoms with Gasteiger partial charge in [0.15, 0.2) is 0 Å². The van der Waals surface area contributed by atoms with Crippen LogP contribution in [0.15, 0.2) is 60.9 Å². The quantitative estimate of drug-likeness (QED) is 0.488. The van der Waals surface area contributed by atoms with Crippen LogP contribution in [0.5, 0.6) is 0 Å². The van der Waals surface area contributed by atoms with E-state index in [2.05, 4.69) is 15.0 Å². The number of hydrogen-bond donors (Lipinski definition) is 2. The molecule has 3 aromatic heterocycles. The summed E-state index contributed by atoms with van der Waals surface area (Å²) in [6, 6.07) is 13.8. The summed E-state index contributed by atoms with van der Waals surface area (Å²) in [5.74, 6) is 0.331. The van der Waals surface area contributed by atoms with Crippen LogP contribution in [0.1, 0.15) is 0 Å². The van der Waals surface area contributed by atoms with E-state index >= 15 is 0 Å². The fourth-order valence-corrected chi connectivity index (χ4v) is 3.53. The SMILES string of the molecule is Cn1c(=N)n(-c2nccc(N)n2)c2c3cc(-c4cccc(F)c4)ccc3ncc21. The molecule has 29 heavy (non-hydrogen) atoms. The van der Waals surface area contributed by atoms with Gasteiger partial charge in [0, 0.05) is 18.6 Å². The summed E-state index contributed by atoms with van der Waals surface area (Å²) in [7, 11) is 1.79. The molecule has 8 heteroatoms. The summed E-state index contributed by atoms with van der Waals surface area (Å²) in [6.45, 7) is 0. The van der Waals surface area contributed by atoms with Crippen molar-refractivity contribution in [1.29, 1.82) is 5.41 Å². The summed E-state index contributed by atoms with van der Waals surface area (Å²) in [4.78, 5) is 13.1. The molecule has 0 fully saturated rings. The summed E-state index contributed by atoms with van der Waals surface area (Å²) in [5, 5.41) is 9.39. The van der Waals surface area contributed by atoms with Gasteiger partial charge in [-0.2, -0.15) is 4.98 Å². The van der Waals surface area contributed by atoms with Crippen LogP contribution < -0.4 is 11.4 Å². The first-order valence-electron chi connectivity index (χ1n) is 8.92. The van der Waals surface area contributed by atoms with E-state index in [0.717, 1.165) is 33.1 Å². The van der Waals surface area contributed by atoms with E-state index in [4.69, 9.17) is 11.1 Å². The van der Waals surface area contributed by atoms with Crippen molar-refractivity contribution >= 4 is 27.8 Å². The Labute approximate surface area is 164 Å². The van der Waals surface area contributed by atoms with Crippen LogP contribution in [0.3, 0.4) is 0 Å². The molecule has 0 saturated carbocycles. The summed E-state index contributed by atoms with van der Waals surface area (Å²) >= 11 is 0. The number of pyridine rings is 1. The number of aryl methyl sites for hydroxylation is 1. The number of benzene rings is 2. The Balaban J connectivity index is 1.89. The van der Waals surface area contributed by atoms with Crippen molar-refractivity contribution in [1.82, 2.24) is 24.1 Å². The van der Waals surface area contributed by atoms with Gasteiger partial charge in [-0.25, -0.2) is 13.9 Å². The van der Waals surface area contributed by atoms with Crippen LogP contribution in [0.2, 0.25) is 0 Å². The first-order valence-corrected chi connectivity index (χ1v) is 8.92.